The largest absolute Gasteiger partial charge is 0.308 e. The summed E-state index contributed by atoms with van der Waals surface area (Å²) in [5.41, 5.74) is 4.95. The number of para-hydroxylation sites is 2. The summed E-state index contributed by atoms with van der Waals surface area (Å²) in [6.07, 6.45) is 5.54. The van der Waals surface area contributed by atoms with Gasteiger partial charge in [0.05, 0.1) is 29.0 Å². The molecule has 3 aromatic rings. The number of benzene rings is 1. The van der Waals surface area contributed by atoms with Gasteiger partial charge < -0.3 is 5.32 Å². The smallest absolute Gasteiger partial charge is 0.0890 e. The minimum Gasteiger partial charge on any atom is -0.308 e. The molecule has 1 aromatic carbocycles. The fraction of sp³-hybridized carbons (Fsp3) is 0.188. The van der Waals surface area contributed by atoms with Gasteiger partial charge in [-0.05, 0) is 37.2 Å². The van der Waals surface area contributed by atoms with E-state index >= 15 is 0 Å². The Morgan fingerprint density at radius 3 is 2.60 bits per heavy atom. The minimum atomic E-state index is -0.000457. The van der Waals surface area contributed by atoms with Crippen LogP contribution in [0.2, 0.25) is 0 Å². The molecular weight excluding hydrogens is 248 g/mol. The number of hydrogen-bond acceptors (Lipinski definition) is 4. The molecule has 0 radical (unpaired) electrons. The molecule has 0 fully saturated rings. The standard InChI is InChI=1S/C16H16N4/c1-11-7-12(9-18-8-11)16(17-2)15-10-19-13-5-3-4-6-14(13)20-15/h3-10,16-17H,1-2H3. The summed E-state index contributed by atoms with van der Waals surface area (Å²) in [4.78, 5) is 13.4. The van der Waals surface area contributed by atoms with E-state index in [9.17, 15) is 0 Å². The lowest BCUT2D eigenvalue weighted by Crippen LogP contribution is -2.19. The van der Waals surface area contributed by atoms with Gasteiger partial charge in [-0.15, -0.1) is 0 Å². The van der Waals surface area contributed by atoms with Crippen molar-refractivity contribution in [1.29, 1.82) is 0 Å². The fourth-order valence-corrected chi connectivity index (χ4v) is 2.33. The third kappa shape index (κ3) is 2.38. The first-order valence-electron chi connectivity index (χ1n) is 6.58. The van der Waals surface area contributed by atoms with Gasteiger partial charge in [0.1, 0.15) is 0 Å². The molecule has 0 bridgehead atoms. The highest BCUT2D eigenvalue weighted by Gasteiger charge is 2.15. The maximum atomic E-state index is 4.70. The van der Waals surface area contributed by atoms with Gasteiger partial charge >= 0.3 is 0 Å². The molecule has 0 saturated carbocycles. The maximum Gasteiger partial charge on any atom is 0.0890 e. The Bertz CT molecular complexity index is 739. The van der Waals surface area contributed by atoms with Crippen molar-refractivity contribution in [3.8, 4) is 0 Å². The predicted molar refractivity (Wildman–Crippen MR) is 79.4 cm³/mol. The molecule has 0 amide bonds. The first-order chi connectivity index (χ1) is 9.78. The van der Waals surface area contributed by atoms with E-state index in [-0.39, 0.29) is 6.04 Å². The lowest BCUT2D eigenvalue weighted by Gasteiger charge is -2.16. The summed E-state index contributed by atoms with van der Waals surface area (Å²) in [6.45, 7) is 2.04. The van der Waals surface area contributed by atoms with Gasteiger partial charge in [-0.2, -0.15) is 0 Å². The molecule has 20 heavy (non-hydrogen) atoms. The van der Waals surface area contributed by atoms with Crippen LogP contribution in [0.15, 0.2) is 48.9 Å². The van der Waals surface area contributed by atoms with E-state index in [2.05, 4.69) is 21.4 Å². The van der Waals surface area contributed by atoms with Crippen molar-refractivity contribution in [2.75, 3.05) is 7.05 Å². The van der Waals surface area contributed by atoms with Gasteiger partial charge in [-0.3, -0.25) is 9.97 Å². The van der Waals surface area contributed by atoms with Crippen molar-refractivity contribution < 1.29 is 0 Å². The Morgan fingerprint density at radius 1 is 1.05 bits per heavy atom. The van der Waals surface area contributed by atoms with Gasteiger partial charge in [0, 0.05) is 12.4 Å². The van der Waals surface area contributed by atoms with Gasteiger partial charge in [-0.25, -0.2) is 4.98 Å². The van der Waals surface area contributed by atoms with Gasteiger partial charge in [0.2, 0.25) is 0 Å². The summed E-state index contributed by atoms with van der Waals surface area (Å²) in [7, 11) is 1.92. The van der Waals surface area contributed by atoms with Crippen LogP contribution in [0.3, 0.4) is 0 Å². The summed E-state index contributed by atoms with van der Waals surface area (Å²) in [6, 6.07) is 10.0. The molecule has 1 unspecified atom stereocenters. The first kappa shape index (κ1) is 12.7. The topological polar surface area (TPSA) is 50.7 Å². The van der Waals surface area contributed by atoms with Crippen molar-refractivity contribution in [2.24, 2.45) is 0 Å². The molecule has 0 spiro atoms. The summed E-state index contributed by atoms with van der Waals surface area (Å²) in [5.74, 6) is 0. The number of nitrogens with one attached hydrogen (secondary N) is 1. The average Bonchev–Trinajstić information content (AvgIpc) is 2.48. The fourth-order valence-electron chi connectivity index (χ4n) is 2.33. The molecule has 0 aliphatic carbocycles. The first-order valence-corrected chi connectivity index (χ1v) is 6.58. The lowest BCUT2D eigenvalue weighted by molar-refractivity contribution is 0.667. The number of rotatable bonds is 3. The minimum absolute atomic E-state index is 0.000457. The Balaban J connectivity index is 2.07. The van der Waals surface area contributed by atoms with Crippen LogP contribution in [0.5, 0.6) is 0 Å². The molecule has 1 atom stereocenters. The molecule has 100 valence electrons. The van der Waals surface area contributed by atoms with Crippen molar-refractivity contribution in [3.05, 3.63) is 65.7 Å². The summed E-state index contributed by atoms with van der Waals surface area (Å²) < 4.78 is 0. The third-order valence-electron chi connectivity index (χ3n) is 3.28. The van der Waals surface area contributed by atoms with Crippen LogP contribution in [0, 0.1) is 6.92 Å². The Hall–Kier alpha value is -2.33. The zero-order valence-electron chi connectivity index (χ0n) is 11.5. The van der Waals surface area contributed by atoms with Crippen molar-refractivity contribution in [3.63, 3.8) is 0 Å². The van der Waals surface area contributed by atoms with Crippen LogP contribution in [0.4, 0.5) is 0 Å². The highest BCUT2D eigenvalue weighted by Crippen LogP contribution is 2.21. The van der Waals surface area contributed by atoms with Crippen LogP contribution in [0.1, 0.15) is 22.9 Å². The van der Waals surface area contributed by atoms with Crippen LogP contribution < -0.4 is 5.32 Å². The molecule has 0 aliphatic heterocycles. The molecular formula is C16H16N4. The van der Waals surface area contributed by atoms with E-state index in [1.807, 2.05) is 56.8 Å². The van der Waals surface area contributed by atoms with E-state index in [4.69, 9.17) is 4.98 Å². The average molecular weight is 264 g/mol. The van der Waals surface area contributed by atoms with Gasteiger partial charge in [0.15, 0.2) is 0 Å². The molecule has 0 aliphatic rings. The number of aryl methyl sites for hydroxylation is 1. The lowest BCUT2D eigenvalue weighted by atomic mass is 10.0. The number of nitrogens with zero attached hydrogens (tertiary/aromatic N) is 3. The molecule has 3 rings (SSSR count). The molecule has 0 saturated heterocycles. The molecule has 4 nitrogen and oxygen atoms in total. The Labute approximate surface area is 117 Å². The van der Waals surface area contributed by atoms with Crippen molar-refractivity contribution >= 4 is 11.0 Å². The second-order valence-electron chi connectivity index (χ2n) is 4.80. The SMILES string of the molecule is CNC(c1cncc(C)c1)c1cnc2ccccc2n1. The maximum absolute atomic E-state index is 4.70. The van der Waals surface area contributed by atoms with Gasteiger partial charge in [0.25, 0.3) is 0 Å². The predicted octanol–water partition coefficient (Wildman–Crippen LogP) is 2.64. The quantitative estimate of drug-likeness (QED) is 0.790. The third-order valence-corrected chi connectivity index (χ3v) is 3.28. The van der Waals surface area contributed by atoms with E-state index in [0.29, 0.717) is 0 Å². The number of pyridine rings is 1. The van der Waals surface area contributed by atoms with E-state index in [1.54, 1.807) is 0 Å². The van der Waals surface area contributed by atoms with Crippen LogP contribution >= 0.6 is 0 Å². The normalized spacial score (nSPS) is 12.5. The molecule has 2 aromatic heterocycles. The monoisotopic (exact) mass is 264 g/mol. The number of aromatic nitrogens is 3. The second-order valence-corrected chi connectivity index (χ2v) is 4.80. The molecule has 1 N–H and O–H groups in total. The molecule has 4 heteroatoms. The second kappa shape index (κ2) is 5.35. The van der Waals surface area contributed by atoms with Gasteiger partial charge in [-0.1, -0.05) is 18.2 Å². The van der Waals surface area contributed by atoms with Crippen molar-refractivity contribution in [2.45, 2.75) is 13.0 Å². The van der Waals surface area contributed by atoms with E-state index in [0.717, 1.165) is 27.9 Å². The van der Waals surface area contributed by atoms with Crippen molar-refractivity contribution in [1.82, 2.24) is 20.3 Å². The summed E-state index contributed by atoms with van der Waals surface area (Å²) in [5, 5.41) is 3.28. The zero-order chi connectivity index (χ0) is 13.9. The highest BCUT2D eigenvalue weighted by atomic mass is 14.9. The number of hydrogen-bond donors (Lipinski definition) is 1. The molecule has 2 heterocycles. The van der Waals surface area contributed by atoms with Crippen LogP contribution in [-0.4, -0.2) is 22.0 Å². The van der Waals surface area contributed by atoms with E-state index < -0.39 is 0 Å². The van der Waals surface area contributed by atoms with E-state index in [1.165, 1.54) is 0 Å². The highest BCUT2D eigenvalue weighted by molar-refractivity contribution is 5.73. The zero-order valence-corrected chi connectivity index (χ0v) is 11.5. The number of fused-ring (bicyclic) bond motifs is 1. The van der Waals surface area contributed by atoms with Crippen LogP contribution in [-0.2, 0) is 0 Å². The van der Waals surface area contributed by atoms with Crippen LogP contribution in [0.25, 0.3) is 11.0 Å². The Kier molecular flexibility index (Phi) is 3.39. The Morgan fingerprint density at radius 2 is 1.85 bits per heavy atom. The summed E-state index contributed by atoms with van der Waals surface area (Å²) >= 11 is 0.